The molecule has 2 aliphatic rings. The Morgan fingerprint density at radius 3 is 2.58 bits per heavy atom. The molecule has 0 nitrogen and oxygen atoms in total. The molecule has 0 N–H and O–H groups in total. The Hall–Kier alpha value is -0.260. The second-order valence-electron chi connectivity index (χ2n) is 5.63. The van der Waals surface area contributed by atoms with Gasteiger partial charge in [-0.25, -0.2) is 0 Å². The predicted molar refractivity (Wildman–Crippen MR) is 53.0 cm³/mol. The van der Waals surface area contributed by atoms with Crippen LogP contribution in [0.1, 0.15) is 46.5 Å². The zero-order valence-electron chi connectivity index (χ0n) is 8.61. The van der Waals surface area contributed by atoms with Crippen LogP contribution in [0.4, 0.5) is 0 Å². The molecule has 2 atom stereocenters. The van der Waals surface area contributed by atoms with Crippen molar-refractivity contribution in [3.8, 4) is 0 Å². The highest BCUT2D eigenvalue weighted by molar-refractivity contribution is 5.23. The summed E-state index contributed by atoms with van der Waals surface area (Å²) in [5, 5.41) is 0. The van der Waals surface area contributed by atoms with E-state index in [0.717, 1.165) is 5.92 Å². The summed E-state index contributed by atoms with van der Waals surface area (Å²) >= 11 is 0. The van der Waals surface area contributed by atoms with E-state index in [2.05, 4.69) is 27.4 Å². The summed E-state index contributed by atoms with van der Waals surface area (Å²) in [6, 6.07) is 0. The second kappa shape index (κ2) is 2.16. The fourth-order valence-electron chi connectivity index (χ4n) is 3.72. The molecule has 0 heterocycles. The topological polar surface area (TPSA) is 0 Å². The first-order chi connectivity index (χ1) is 5.47. The molecule has 0 aromatic rings. The van der Waals surface area contributed by atoms with E-state index in [1.807, 2.05) is 0 Å². The maximum absolute atomic E-state index is 4.26. The van der Waals surface area contributed by atoms with E-state index in [4.69, 9.17) is 0 Å². The molecule has 0 aromatic carbocycles. The van der Waals surface area contributed by atoms with E-state index in [-0.39, 0.29) is 0 Å². The van der Waals surface area contributed by atoms with Crippen LogP contribution in [-0.4, -0.2) is 0 Å². The van der Waals surface area contributed by atoms with Gasteiger partial charge in [0.05, 0.1) is 0 Å². The standard InChI is InChI=1S/C12H20/c1-9-8-11(2,3)10-6-5-7-12(9,10)4/h10H,1,5-8H2,2-4H3/t10-,12+/m0/s1. The van der Waals surface area contributed by atoms with Crippen molar-refractivity contribution in [2.45, 2.75) is 46.5 Å². The van der Waals surface area contributed by atoms with Crippen LogP contribution < -0.4 is 0 Å². The first-order valence-electron chi connectivity index (χ1n) is 5.15. The van der Waals surface area contributed by atoms with Gasteiger partial charge in [0.1, 0.15) is 0 Å². The van der Waals surface area contributed by atoms with Gasteiger partial charge in [-0.15, -0.1) is 0 Å². The molecule has 2 rings (SSSR count). The molecular formula is C12H20. The molecule has 68 valence electrons. The van der Waals surface area contributed by atoms with Gasteiger partial charge in [0.25, 0.3) is 0 Å². The Balaban J connectivity index is 2.39. The number of hydrogen-bond acceptors (Lipinski definition) is 0. The quantitative estimate of drug-likeness (QED) is 0.478. The van der Waals surface area contributed by atoms with Crippen molar-refractivity contribution in [2.24, 2.45) is 16.7 Å². The molecule has 0 unspecified atom stereocenters. The van der Waals surface area contributed by atoms with Crippen molar-refractivity contribution in [1.82, 2.24) is 0 Å². The van der Waals surface area contributed by atoms with Gasteiger partial charge >= 0.3 is 0 Å². The highest BCUT2D eigenvalue weighted by atomic mass is 14.6. The maximum Gasteiger partial charge on any atom is -0.00854 e. The fourth-order valence-corrected chi connectivity index (χ4v) is 3.72. The predicted octanol–water partition coefficient (Wildman–Crippen LogP) is 3.78. The van der Waals surface area contributed by atoms with Crippen LogP contribution in [0.3, 0.4) is 0 Å². The molecule has 2 saturated carbocycles. The van der Waals surface area contributed by atoms with Gasteiger partial charge in [0.15, 0.2) is 0 Å². The van der Waals surface area contributed by atoms with E-state index in [1.54, 1.807) is 0 Å². The lowest BCUT2D eigenvalue weighted by Crippen LogP contribution is -2.24. The monoisotopic (exact) mass is 164 g/mol. The lowest BCUT2D eigenvalue weighted by atomic mass is 9.73. The smallest absolute Gasteiger partial charge is 0.00854 e. The summed E-state index contributed by atoms with van der Waals surface area (Å²) in [4.78, 5) is 0. The first kappa shape index (κ1) is 8.34. The van der Waals surface area contributed by atoms with Crippen LogP contribution in [0.2, 0.25) is 0 Å². The summed E-state index contributed by atoms with van der Waals surface area (Å²) in [7, 11) is 0. The molecule has 0 amide bonds. The summed E-state index contributed by atoms with van der Waals surface area (Å²) in [5.74, 6) is 0.914. The molecule has 0 heteroatoms. The van der Waals surface area contributed by atoms with Crippen LogP contribution in [0, 0.1) is 16.7 Å². The van der Waals surface area contributed by atoms with Crippen molar-refractivity contribution < 1.29 is 0 Å². The van der Waals surface area contributed by atoms with Gasteiger partial charge in [-0.1, -0.05) is 39.3 Å². The van der Waals surface area contributed by atoms with E-state index in [1.165, 1.54) is 31.3 Å². The molecule has 12 heavy (non-hydrogen) atoms. The van der Waals surface area contributed by atoms with Crippen LogP contribution in [0.15, 0.2) is 12.2 Å². The van der Waals surface area contributed by atoms with Crippen LogP contribution in [0.5, 0.6) is 0 Å². The zero-order valence-corrected chi connectivity index (χ0v) is 8.61. The SMILES string of the molecule is C=C1CC(C)(C)[C@@H]2CCC[C@]12C. The molecule has 0 bridgehead atoms. The van der Waals surface area contributed by atoms with Gasteiger partial charge in [-0.05, 0) is 36.0 Å². The Bertz CT molecular complexity index is 224. The van der Waals surface area contributed by atoms with Crippen molar-refractivity contribution in [2.75, 3.05) is 0 Å². The van der Waals surface area contributed by atoms with Gasteiger partial charge < -0.3 is 0 Å². The highest BCUT2D eigenvalue weighted by Gasteiger charge is 2.53. The molecule has 0 aliphatic heterocycles. The molecule has 0 radical (unpaired) electrons. The number of allylic oxidation sites excluding steroid dienone is 1. The van der Waals surface area contributed by atoms with Gasteiger partial charge in [-0.3, -0.25) is 0 Å². The van der Waals surface area contributed by atoms with Crippen molar-refractivity contribution in [3.63, 3.8) is 0 Å². The number of rotatable bonds is 0. The molecule has 0 aromatic heterocycles. The van der Waals surface area contributed by atoms with E-state index >= 15 is 0 Å². The van der Waals surface area contributed by atoms with E-state index < -0.39 is 0 Å². The zero-order chi connectivity index (χ0) is 8.98. The summed E-state index contributed by atoms with van der Waals surface area (Å²) < 4.78 is 0. The Morgan fingerprint density at radius 1 is 1.33 bits per heavy atom. The van der Waals surface area contributed by atoms with Crippen molar-refractivity contribution >= 4 is 0 Å². The third-order valence-corrected chi connectivity index (χ3v) is 4.38. The summed E-state index contributed by atoms with van der Waals surface area (Å²) in [6.45, 7) is 11.5. The fraction of sp³-hybridized carbons (Fsp3) is 0.833. The van der Waals surface area contributed by atoms with Crippen LogP contribution in [-0.2, 0) is 0 Å². The molecular weight excluding hydrogens is 144 g/mol. The molecule has 2 fully saturated rings. The minimum absolute atomic E-state index is 0.503. The number of fused-ring (bicyclic) bond motifs is 1. The largest absolute Gasteiger partial charge is 0.0993 e. The van der Waals surface area contributed by atoms with E-state index in [0.29, 0.717) is 10.8 Å². The molecule has 0 spiro atoms. The third kappa shape index (κ3) is 0.841. The first-order valence-corrected chi connectivity index (χ1v) is 5.15. The van der Waals surface area contributed by atoms with Crippen molar-refractivity contribution in [1.29, 1.82) is 0 Å². The Labute approximate surface area is 76.1 Å². The third-order valence-electron chi connectivity index (χ3n) is 4.38. The summed E-state index contributed by atoms with van der Waals surface area (Å²) in [5.41, 5.74) is 2.56. The Kier molecular flexibility index (Phi) is 1.50. The second-order valence-corrected chi connectivity index (χ2v) is 5.63. The normalized spacial score (nSPS) is 44.9. The number of hydrogen-bond donors (Lipinski definition) is 0. The summed E-state index contributed by atoms with van der Waals surface area (Å²) in [6.07, 6.45) is 5.50. The van der Waals surface area contributed by atoms with Gasteiger partial charge in [0, 0.05) is 0 Å². The van der Waals surface area contributed by atoms with E-state index in [9.17, 15) is 0 Å². The average molecular weight is 164 g/mol. The van der Waals surface area contributed by atoms with Crippen LogP contribution in [0.25, 0.3) is 0 Å². The lowest BCUT2D eigenvalue weighted by molar-refractivity contribution is 0.187. The maximum atomic E-state index is 4.26. The molecule has 2 aliphatic carbocycles. The van der Waals surface area contributed by atoms with Crippen LogP contribution >= 0.6 is 0 Å². The molecule has 0 saturated heterocycles. The average Bonchev–Trinajstić information content (AvgIpc) is 2.37. The Morgan fingerprint density at radius 2 is 2.00 bits per heavy atom. The highest BCUT2D eigenvalue weighted by Crippen LogP contribution is 2.63. The van der Waals surface area contributed by atoms with Crippen molar-refractivity contribution in [3.05, 3.63) is 12.2 Å². The lowest BCUT2D eigenvalue weighted by Gasteiger charge is -2.31. The van der Waals surface area contributed by atoms with Gasteiger partial charge in [0.2, 0.25) is 0 Å². The van der Waals surface area contributed by atoms with Gasteiger partial charge in [-0.2, -0.15) is 0 Å². The minimum atomic E-state index is 0.503. The minimum Gasteiger partial charge on any atom is -0.0993 e.